The van der Waals surface area contributed by atoms with Crippen LogP contribution in [0.5, 0.6) is 0 Å². The van der Waals surface area contributed by atoms with Gasteiger partial charge in [0.2, 0.25) is 5.91 Å². The Morgan fingerprint density at radius 1 is 1.21 bits per heavy atom. The molecule has 2 atom stereocenters. The average Bonchev–Trinajstić information content (AvgIpc) is 3.37. The van der Waals surface area contributed by atoms with Crippen LogP contribution in [0.25, 0.3) is 10.9 Å². The molecule has 2 aliphatic rings. The summed E-state index contributed by atoms with van der Waals surface area (Å²) in [6, 6.07) is 5.02. The van der Waals surface area contributed by atoms with Gasteiger partial charge in [0, 0.05) is 24.3 Å². The van der Waals surface area contributed by atoms with E-state index in [1.165, 1.54) is 4.57 Å². The predicted molar refractivity (Wildman–Crippen MR) is 117 cm³/mol. The first-order chi connectivity index (χ1) is 13.4. The summed E-state index contributed by atoms with van der Waals surface area (Å²) in [5, 5.41) is 3.38. The molecule has 1 amide bonds. The van der Waals surface area contributed by atoms with E-state index in [0.717, 1.165) is 32.1 Å². The van der Waals surface area contributed by atoms with E-state index in [1.54, 1.807) is 22.8 Å². The molecule has 0 unspecified atom stereocenters. The van der Waals surface area contributed by atoms with Gasteiger partial charge in [0.05, 0.1) is 16.8 Å². The monoisotopic (exact) mass is 420 g/mol. The summed E-state index contributed by atoms with van der Waals surface area (Å²) in [7, 11) is 0. The van der Waals surface area contributed by atoms with Crippen LogP contribution in [0.2, 0.25) is 0 Å². The summed E-state index contributed by atoms with van der Waals surface area (Å²) >= 11 is 0. The molecule has 1 aromatic carbocycles. The first kappa shape index (κ1) is 21.6. The molecule has 2 aliphatic carbocycles. The number of carbonyl (C=O) groups excluding carboxylic acids is 1. The number of nitrogens with one attached hydrogen (secondary N) is 1. The fraction of sp³-hybridized carbons (Fsp3) is 0.571. The molecule has 7 nitrogen and oxygen atoms in total. The summed E-state index contributed by atoms with van der Waals surface area (Å²) in [5.41, 5.74) is 6.68. The Labute approximate surface area is 175 Å². The van der Waals surface area contributed by atoms with Crippen molar-refractivity contribution >= 4 is 34.9 Å². The third-order valence-electron chi connectivity index (χ3n) is 6.00. The predicted octanol–water partition coefficient (Wildman–Crippen LogP) is 2.64. The standard InChI is InChI=1S/C21H28N4O3.ClH/c1-12(2)25-18-9-8-14(23-19(26)15-4-3-5-17(15)22)10-16(18)20(27)24(21(25)28)11-13-6-7-13;/h8-10,12-13,15,17H,3-7,11,22H2,1-2H3,(H,23,26);1H/t15-,17+;/m1./s1. The van der Waals surface area contributed by atoms with Gasteiger partial charge in [-0.15, -0.1) is 12.4 Å². The van der Waals surface area contributed by atoms with Gasteiger partial charge >= 0.3 is 5.69 Å². The lowest BCUT2D eigenvalue weighted by atomic mass is 10.0. The molecular weight excluding hydrogens is 392 g/mol. The topological polar surface area (TPSA) is 99.1 Å². The molecule has 8 heteroatoms. The second kappa shape index (κ2) is 8.32. The van der Waals surface area contributed by atoms with Crippen LogP contribution in [0, 0.1) is 11.8 Å². The zero-order valence-electron chi connectivity index (χ0n) is 16.9. The smallest absolute Gasteiger partial charge is 0.327 e. The highest BCUT2D eigenvalue weighted by Gasteiger charge is 2.30. The van der Waals surface area contributed by atoms with Crippen molar-refractivity contribution in [3.8, 4) is 0 Å². The first-order valence-electron chi connectivity index (χ1n) is 10.2. The van der Waals surface area contributed by atoms with E-state index in [1.807, 2.05) is 13.8 Å². The molecule has 158 valence electrons. The second-order valence-corrected chi connectivity index (χ2v) is 8.53. The fourth-order valence-electron chi connectivity index (χ4n) is 4.23. The van der Waals surface area contributed by atoms with Crippen LogP contribution in [0.3, 0.4) is 0 Å². The summed E-state index contributed by atoms with van der Waals surface area (Å²) in [5.74, 6) is 0.127. The highest BCUT2D eigenvalue weighted by molar-refractivity contribution is 5.95. The Hall–Kier alpha value is -2.12. The van der Waals surface area contributed by atoms with Crippen molar-refractivity contribution < 1.29 is 4.79 Å². The van der Waals surface area contributed by atoms with Crippen molar-refractivity contribution in [3.63, 3.8) is 0 Å². The lowest BCUT2D eigenvalue weighted by Gasteiger charge is -2.18. The van der Waals surface area contributed by atoms with Crippen LogP contribution in [0.15, 0.2) is 27.8 Å². The number of nitrogens with zero attached hydrogens (tertiary/aromatic N) is 2. The molecule has 0 spiro atoms. The normalized spacial score (nSPS) is 21.4. The Balaban J connectivity index is 0.00000240. The number of anilines is 1. The van der Waals surface area contributed by atoms with Gasteiger partial charge in [-0.25, -0.2) is 4.79 Å². The van der Waals surface area contributed by atoms with Crippen molar-refractivity contribution in [1.82, 2.24) is 9.13 Å². The molecule has 29 heavy (non-hydrogen) atoms. The second-order valence-electron chi connectivity index (χ2n) is 8.53. The van der Waals surface area contributed by atoms with Gasteiger partial charge in [-0.05, 0) is 63.6 Å². The number of halogens is 1. The van der Waals surface area contributed by atoms with Gasteiger partial charge in [0.15, 0.2) is 0 Å². The summed E-state index contributed by atoms with van der Waals surface area (Å²) in [6.45, 7) is 4.34. The Morgan fingerprint density at radius 3 is 2.52 bits per heavy atom. The number of nitrogens with two attached hydrogens (primary N) is 1. The van der Waals surface area contributed by atoms with Crippen LogP contribution in [-0.2, 0) is 11.3 Å². The van der Waals surface area contributed by atoms with Gasteiger partial charge in [-0.2, -0.15) is 0 Å². The summed E-state index contributed by atoms with van der Waals surface area (Å²) in [4.78, 5) is 38.5. The van der Waals surface area contributed by atoms with E-state index in [0.29, 0.717) is 29.1 Å². The third-order valence-corrected chi connectivity index (χ3v) is 6.00. The van der Waals surface area contributed by atoms with Crippen molar-refractivity contribution in [1.29, 1.82) is 0 Å². The Morgan fingerprint density at radius 2 is 1.93 bits per heavy atom. The van der Waals surface area contributed by atoms with E-state index >= 15 is 0 Å². The van der Waals surface area contributed by atoms with Crippen molar-refractivity contribution in [2.75, 3.05) is 5.32 Å². The van der Waals surface area contributed by atoms with Crippen molar-refractivity contribution in [2.45, 2.75) is 64.6 Å². The van der Waals surface area contributed by atoms with Gasteiger partial charge in [0.25, 0.3) is 5.56 Å². The van der Waals surface area contributed by atoms with Crippen molar-refractivity contribution in [2.24, 2.45) is 17.6 Å². The lowest BCUT2D eigenvalue weighted by Crippen LogP contribution is -2.41. The molecule has 2 saturated carbocycles. The molecular formula is C21H29ClN4O3. The SMILES string of the molecule is CC(C)n1c(=O)n(CC2CC2)c(=O)c2cc(NC(=O)[C@@H]3CCC[C@@H]3N)ccc21.Cl. The molecule has 0 radical (unpaired) electrons. The number of hydrogen-bond donors (Lipinski definition) is 2. The minimum Gasteiger partial charge on any atom is -0.327 e. The molecule has 1 aromatic heterocycles. The number of rotatable bonds is 5. The lowest BCUT2D eigenvalue weighted by molar-refractivity contribution is -0.120. The largest absolute Gasteiger partial charge is 0.331 e. The minimum absolute atomic E-state index is 0. The van der Waals surface area contributed by atoms with E-state index in [9.17, 15) is 14.4 Å². The number of fused-ring (bicyclic) bond motifs is 1. The van der Waals surface area contributed by atoms with Crippen LogP contribution in [0.4, 0.5) is 5.69 Å². The van der Waals surface area contributed by atoms with E-state index in [2.05, 4.69) is 5.32 Å². The molecule has 0 aliphatic heterocycles. The van der Waals surface area contributed by atoms with Gasteiger partial charge in [-0.1, -0.05) is 6.42 Å². The van der Waals surface area contributed by atoms with Crippen LogP contribution in [-0.4, -0.2) is 21.1 Å². The van der Waals surface area contributed by atoms with Gasteiger partial charge in [0.1, 0.15) is 0 Å². The summed E-state index contributed by atoms with van der Waals surface area (Å²) in [6.07, 6.45) is 4.74. The zero-order chi connectivity index (χ0) is 20.0. The Kier molecular flexibility index (Phi) is 6.19. The van der Waals surface area contributed by atoms with E-state index < -0.39 is 0 Å². The first-order valence-corrected chi connectivity index (χ1v) is 10.2. The highest BCUT2D eigenvalue weighted by atomic mass is 35.5. The van der Waals surface area contributed by atoms with Crippen molar-refractivity contribution in [3.05, 3.63) is 39.0 Å². The van der Waals surface area contributed by atoms with Gasteiger partial charge in [-0.3, -0.25) is 18.7 Å². The Bertz CT molecular complexity index is 1040. The third kappa shape index (κ3) is 4.12. The quantitative estimate of drug-likeness (QED) is 0.776. The molecule has 3 N–H and O–H groups in total. The summed E-state index contributed by atoms with van der Waals surface area (Å²) < 4.78 is 3.02. The number of hydrogen-bond acceptors (Lipinski definition) is 4. The maximum absolute atomic E-state index is 13.1. The molecule has 0 bridgehead atoms. The molecule has 2 fully saturated rings. The van der Waals surface area contributed by atoms with E-state index in [-0.39, 0.29) is 47.6 Å². The van der Waals surface area contributed by atoms with E-state index in [4.69, 9.17) is 5.73 Å². The maximum atomic E-state index is 13.1. The maximum Gasteiger partial charge on any atom is 0.331 e. The van der Waals surface area contributed by atoms with Gasteiger partial charge < -0.3 is 11.1 Å². The molecule has 0 saturated heterocycles. The highest BCUT2D eigenvalue weighted by Crippen LogP contribution is 2.30. The van der Waals surface area contributed by atoms with Crippen LogP contribution >= 0.6 is 12.4 Å². The number of benzene rings is 1. The zero-order valence-corrected chi connectivity index (χ0v) is 17.7. The number of amides is 1. The number of aromatic nitrogens is 2. The molecule has 1 heterocycles. The number of carbonyl (C=O) groups is 1. The van der Waals surface area contributed by atoms with Crippen LogP contribution in [0.1, 0.15) is 52.0 Å². The fourth-order valence-corrected chi connectivity index (χ4v) is 4.23. The average molecular weight is 421 g/mol. The minimum atomic E-state index is -0.280. The molecule has 2 aromatic rings. The van der Waals surface area contributed by atoms with Crippen LogP contribution < -0.4 is 22.3 Å². The molecule has 4 rings (SSSR count).